The van der Waals surface area contributed by atoms with Crippen LogP contribution in [0.15, 0.2) is 21.8 Å². The van der Waals surface area contributed by atoms with Crippen LogP contribution in [0.25, 0.3) is 0 Å². The Kier molecular flexibility index (Phi) is 5.35. The Morgan fingerprint density at radius 2 is 2.40 bits per heavy atom. The lowest BCUT2D eigenvalue weighted by atomic mass is 10.4. The fourth-order valence-electron chi connectivity index (χ4n) is 0.845. The van der Waals surface area contributed by atoms with Crippen molar-refractivity contribution in [2.75, 3.05) is 11.6 Å². The van der Waals surface area contributed by atoms with E-state index in [0.29, 0.717) is 10.4 Å². The first-order chi connectivity index (χ1) is 7.15. The third kappa shape index (κ3) is 3.96. The van der Waals surface area contributed by atoms with Gasteiger partial charge < -0.3 is 0 Å². The van der Waals surface area contributed by atoms with Crippen LogP contribution < -0.4 is 0 Å². The van der Waals surface area contributed by atoms with Crippen LogP contribution >= 0.6 is 39.3 Å². The van der Waals surface area contributed by atoms with Gasteiger partial charge in [-0.05, 0) is 22.4 Å². The molecule has 1 aromatic heterocycles. The summed E-state index contributed by atoms with van der Waals surface area (Å²) in [5, 5.41) is 11.2. The topological polar surface area (TPSA) is 56.0 Å². The second-order valence-electron chi connectivity index (χ2n) is 2.63. The highest BCUT2D eigenvalue weighted by Crippen LogP contribution is 2.28. The third-order valence-electron chi connectivity index (χ3n) is 1.52. The van der Waals surface area contributed by atoms with E-state index in [2.05, 4.69) is 20.9 Å². The van der Waals surface area contributed by atoms with Gasteiger partial charge in [0.1, 0.15) is 11.2 Å². The molecule has 4 nitrogen and oxygen atoms in total. The van der Waals surface area contributed by atoms with Gasteiger partial charge in [0.05, 0.1) is 9.40 Å². The summed E-state index contributed by atoms with van der Waals surface area (Å²) in [6.45, 7) is 0. The van der Waals surface area contributed by atoms with Crippen molar-refractivity contribution >= 4 is 45.0 Å². The van der Waals surface area contributed by atoms with Crippen LogP contribution in [0.1, 0.15) is 6.42 Å². The van der Waals surface area contributed by atoms with E-state index < -0.39 is 4.92 Å². The van der Waals surface area contributed by atoms with Crippen molar-refractivity contribution < 1.29 is 4.92 Å². The van der Waals surface area contributed by atoms with Gasteiger partial charge in [0, 0.05) is 17.7 Å². The summed E-state index contributed by atoms with van der Waals surface area (Å²) in [5.74, 6) is 1.46. The molecule has 0 aromatic carbocycles. The van der Waals surface area contributed by atoms with Gasteiger partial charge in [-0.3, -0.25) is 10.1 Å². The molecular weight excluding hydrogens is 304 g/mol. The summed E-state index contributed by atoms with van der Waals surface area (Å²) in [4.78, 5) is 14.0. The van der Waals surface area contributed by atoms with Gasteiger partial charge in [0.15, 0.2) is 0 Å². The monoisotopic (exact) mass is 310 g/mol. The molecule has 0 bridgehead atoms. The predicted octanol–water partition coefficient (Wildman–Crippen LogP) is 3.47. The highest BCUT2D eigenvalue weighted by Gasteiger charge is 2.10. The maximum absolute atomic E-state index is 10.4. The Bertz CT molecular complexity index is 364. The zero-order valence-electron chi connectivity index (χ0n) is 7.65. The van der Waals surface area contributed by atoms with E-state index in [9.17, 15) is 10.1 Å². The zero-order chi connectivity index (χ0) is 11.3. The summed E-state index contributed by atoms with van der Waals surface area (Å²) in [6.07, 6.45) is 2.14. The number of hydrogen-bond acceptors (Lipinski definition) is 4. The molecule has 15 heavy (non-hydrogen) atoms. The van der Waals surface area contributed by atoms with Crippen molar-refractivity contribution in [1.29, 1.82) is 0 Å². The summed E-state index contributed by atoms with van der Waals surface area (Å²) in [6, 6.07) is 1.45. The summed E-state index contributed by atoms with van der Waals surface area (Å²) in [7, 11) is 0. The van der Waals surface area contributed by atoms with E-state index in [1.54, 1.807) is 0 Å². The maximum atomic E-state index is 10.4. The van der Waals surface area contributed by atoms with Crippen molar-refractivity contribution in [2.24, 2.45) is 0 Å². The van der Waals surface area contributed by atoms with Crippen LogP contribution in [-0.4, -0.2) is 21.5 Å². The highest BCUT2D eigenvalue weighted by atomic mass is 79.9. The molecule has 0 aliphatic heterocycles. The number of rotatable bonds is 5. The highest BCUT2D eigenvalue weighted by molar-refractivity contribution is 9.10. The van der Waals surface area contributed by atoms with Crippen LogP contribution in [0.2, 0.25) is 0 Å². The Hall–Kier alpha value is -0.330. The second-order valence-corrected chi connectivity index (χ2v) is 4.94. The molecule has 1 heterocycles. The molecular formula is C8H8BrClN2O2S. The molecule has 0 spiro atoms. The van der Waals surface area contributed by atoms with E-state index >= 15 is 0 Å². The first-order valence-corrected chi connectivity index (χ1v) is 6.45. The van der Waals surface area contributed by atoms with Crippen LogP contribution in [-0.2, 0) is 0 Å². The quantitative estimate of drug-likeness (QED) is 0.275. The minimum Gasteiger partial charge on any atom is -0.258 e. The lowest BCUT2D eigenvalue weighted by molar-refractivity contribution is -0.385. The van der Waals surface area contributed by atoms with Gasteiger partial charge in [-0.1, -0.05) is 0 Å². The first kappa shape index (κ1) is 12.7. The Labute approximate surface area is 105 Å². The van der Waals surface area contributed by atoms with E-state index in [1.807, 2.05) is 0 Å². The van der Waals surface area contributed by atoms with E-state index in [0.717, 1.165) is 17.2 Å². The van der Waals surface area contributed by atoms with E-state index in [1.165, 1.54) is 24.0 Å². The summed E-state index contributed by atoms with van der Waals surface area (Å²) >= 11 is 10.3. The molecule has 82 valence electrons. The number of nitro groups is 1. The normalized spacial score (nSPS) is 10.3. The fourth-order valence-corrected chi connectivity index (χ4v) is 2.62. The van der Waals surface area contributed by atoms with Crippen molar-refractivity contribution in [3.05, 3.63) is 26.9 Å². The average molecular weight is 312 g/mol. The van der Waals surface area contributed by atoms with Crippen molar-refractivity contribution in [3.63, 3.8) is 0 Å². The molecule has 0 saturated carbocycles. The van der Waals surface area contributed by atoms with Gasteiger partial charge in [0.2, 0.25) is 0 Å². The lowest BCUT2D eigenvalue weighted by Crippen LogP contribution is -1.91. The first-order valence-electron chi connectivity index (χ1n) is 4.14. The molecule has 0 atom stereocenters. The number of alkyl halides is 1. The molecule has 0 radical (unpaired) electrons. The molecule has 0 saturated heterocycles. The average Bonchev–Trinajstić information content (AvgIpc) is 2.20. The Morgan fingerprint density at radius 3 is 2.93 bits per heavy atom. The number of pyridine rings is 1. The number of hydrogen-bond donors (Lipinski definition) is 0. The van der Waals surface area contributed by atoms with Crippen molar-refractivity contribution in [1.82, 2.24) is 4.98 Å². The number of thioether (sulfide) groups is 1. The number of aromatic nitrogens is 1. The third-order valence-corrected chi connectivity index (χ3v) is 3.75. The maximum Gasteiger partial charge on any atom is 0.288 e. The summed E-state index contributed by atoms with van der Waals surface area (Å²) < 4.78 is 0.649. The van der Waals surface area contributed by atoms with Gasteiger partial charge in [-0.25, -0.2) is 4.98 Å². The van der Waals surface area contributed by atoms with Crippen LogP contribution in [0, 0.1) is 10.1 Å². The van der Waals surface area contributed by atoms with E-state index in [-0.39, 0.29) is 5.69 Å². The smallest absolute Gasteiger partial charge is 0.258 e. The minimum absolute atomic E-state index is 0.0106. The SMILES string of the molecule is O=[N+]([O-])c1cnc(SCCCCl)c(Br)c1. The minimum atomic E-state index is -0.467. The molecule has 0 unspecified atom stereocenters. The molecule has 0 amide bonds. The van der Waals surface area contributed by atoms with Gasteiger partial charge >= 0.3 is 0 Å². The number of halogens is 2. The Balaban J connectivity index is 2.70. The van der Waals surface area contributed by atoms with E-state index in [4.69, 9.17) is 11.6 Å². The molecule has 1 aromatic rings. The molecule has 0 fully saturated rings. The fraction of sp³-hybridized carbons (Fsp3) is 0.375. The molecule has 7 heteroatoms. The molecule has 0 aliphatic rings. The van der Waals surface area contributed by atoms with Gasteiger partial charge in [-0.2, -0.15) is 0 Å². The van der Waals surface area contributed by atoms with Crippen LogP contribution in [0.5, 0.6) is 0 Å². The molecule has 0 aliphatic carbocycles. The lowest BCUT2D eigenvalue weighted by Gasteiger charge is -2.01. The summed E-state index contributed by atoms with van der Waals surface area (Å²) in [5.41, 5.74) is -0.0106. The second kappa shape index (κ2) is 6.30. The van der Waals surface area contributed by atoms with Crippen molar-refractivity contribution in [3.8, 4) is 0 Å². The molecule has 0 N–H and O–H groups in total. The number of nitrogens with zero attached hydrogens (tertiary/aromatic N) is 2. The van der Waals surface area contributed by atoms with Gasteiger partial charge in [0.25, 0.3) is 5.69 Å². The standard InChI is InChI=1S/C8H8BrClN2O2S/c9-7-4-6(12(13)14)5-11-8(7)15-3-1-2-10/h4-5H,1-3H2. The van der Waals surface area contributed by atoms with Crippen LogP contribution in [0.3, 0.4) is 0 Å². The largest absolute Gasteiger partial charge is 0.288 e. The predicted molar refractivity (Wildman–Crippen MR) is 64.7 cm³/mol. The van der Waals surface area contributed by atoms with Gasteiger partial charge in [-0.15, -0.1) is 23.4 Å². The van der Waals surface area contributed by atoms with Crippen molar-refractivity contribution in [2.45, 2.75) is 11.4 Å². The Morgan fingerprint density at radius 1 is 1.67 bits per heavy atom. The zero-order valence-corrected chi connectivity index (χ0v) is 10.8. The molecule has 1 rings (SSSR count). The van der Waals surface area contributed by atoms with Crippen LogP contribution in [0.4, 0.5) is 5.69 Å².